The number of aromatic nitrogens is 1. The molecule has 2 aliphatic heterocycles. The van der Waals surface area contributed by atoms with Gasteiger partial charge in [-0.15, -0.1) is 0 Å². The fourth-order valence-corrected chi connectivity index (χ4v) is 5.55. The second-order valence-electron chi connectivity index (χ2n) is 10.1. The standard InChI is InChI=1S/C29H36FN5O4/c1-38-14-11-35-19-23(27-25(3-2-4-26(27)35)32-29(37)34-12-15-39-16-13-34)28(36)33-9-7-21(8-10-33)22-17-20(18-31)5-6-24(22)30/h2-6,17,19,21H,7-16,18,31H2,1H3,(H,32,37). The van der Waals surface area contributed by atoms with Crippen molar-refractivity contribution in [2.45, 2.75) is 31.8 Å². The van der Waals surface area contributed by atoms with Gasteiger partial charge in [-0.25, -0.2) is 9.18 Å². The Bertz CT molecular complexity index is 1330. The Balaban J connectivity index is 1.40. The maximum atomic E-state index is 14.6. The van der Waals surface area contributed by atoms with Crippen LogP contribution in [0.5, 0.6) is 0 Å². The third-order valence-electron chi connectivity index (χ3n) is 7.73. The maximum Gasteiger partial charge on any atom is 0.322 e. The van der Waals surface area contributed by atoms with Crippen LogP contribution in [-0.2, 0) is 22.6 Å². The van der Waals surface area contributed by atoms with Crippen molar-refractivity contribution in [1.82, 2.24) is 14.4 Å². The molecule has 208 valence electrons. The Labute approximate surface area is 227 Å². The Kier molecular flexibility index (Phi) is 8.44. The molecule has 2 aromatic carbocycles. The van der Waals surface area contributed by atoms with Crippen molar-refractivity contribution in [3.8, 4) is 0 Å². The van der Waals surface area contributed by atoms with Crippen molar-refractivity contribution >= 4 is 28.5 Å². The van der Waals surface area contributed by atoms with Crippen molar-refractivity contribution in [2.24, 2.45) is 5.73 Å². The summed E-state index contributed by atoms with van der Waals surface area (Å²) >= 11 is 0. The van der Waals surface area contributed by atoms with Gasteiger partial charge in [0.2, 0.25) is 0 Å². The zero-order chi connectivity index (χ0) is 27.4. The minimum atomic E-state index is -0.223. The molecule has 9 nitrogen and oxygen atoms in total. The second-order valence-corrected chi connectivity index (χ2v) is 10.1. The molecule has 0 aliphatic carbocycles. The number of carbonyl (C=O) groups is 2. The number of likely N-dealkylation sites (tertiary alicyclic amines) is 1. The minimum Gasteiger partial charge on any atom is -0.383 e. The van der Waals surface area contributed by atoms with Crippen LogP contribution in [-0.4, -0.2) is 79.4 Å². The SMILES string of the molecule is COCCn1cc(C(=O)N2CCC(c3cc(CN)ccc3F)CC2)c2c(NC(=O)N3CCOCC3)cccc21. The van der Waals surface area contributed by atoms with Gasteiger partial charge in [0.05, 0.1) is 36.6 Å². The molecule has 0 saturated carbocycles. The van der Waals surface area contributed by atoms with E-state index in [1.807, 2.05) is 39.9 Å². The average Bonchev–Trinajstić information content (AvgIpc) is 3.36. The molecule has 0 bridgehead atoms. The fraction of sp³-hybridized carbons (Fsp3) is 0.448. The van der Waals surface area contributed by atoms with Crippen LogP contribution < -0.4 is 11.1 Å². The largest absolute Gasteiger partial charge is 0.383 e. The Morgan fingerprint density at radius 2 is 1.87 bits per heavy atom. The van der Waals surface area contributed by atoms with Crippen molar-refractivity contribution in [2.75, 3.05) is 58.4 Å². The van der Waals surface area contributed by atoms with Gasteiger partial charge in [-0.3, -0.25) is 4.79 Å². The monoisotopic (exact) mass is 537 g/mol. The molecule has 3 N–H and O–H groups in total. The molecule has 0 spiro atoms. The lowest BCUT2D eigenvalue weighted by Gasteiger charge is -2.32. The number of urea groups is 1. The van der Waals surface area contributed by atoms with Crippen LogP contribution in [0.1, 0.15) is 40.2 Å². The number of benzene rings is 2. The van der Waals surface area contributed by atoms with E-state index in [2.05, 4.69) is 5.32 Å². The smallest absolute Gasteiger partial charge is 0.322 e. The van der Waals surface area contributed by atoms with Crippen LogP contribution in [0.25, 0.3) is 10.9 Å². The van der Waals surface area contributed by atoms with E-state index in [9.17, 15) is 14.0 Å². The number of methoxy groups -OCH3 is 1. The van der Waals surface area contributed by atoms with Gasteiger partial charge in [-0.2, -0.15) is 0 Å². The first-order chi connectivity index (χ1) is 19.0. The first kappa shape index (κ1) is 27.1. The van der Waals surface area contributed by atoms with Crippen molar-refractivity contribution < 1.29 is 23.5 Å². The Hall–Kier alpha value is -3.47. The number of nitrogens with one attached hydrogen (secondary N) is 1. The molecule has 3 aromatic rings. The topological polar surface area (TPSA) is 102 Å². The number of anilines is 1. The van der Waals surface area contributed by atoms with Crippen LogP contribution in [0.15, 0.2) is 42.6 Å². The van der Waals surface area contributed by atoms with Gasteiger partial charge in [0.15, 0.2) is 0 Å². The number of nitrogens with two attached hydrogens (primary N) is 1. The number of nitrogens with zero attached hydrogens (tertiary/aromatic N) is 3. The van der Waals surface area contributed by atoms with E-state index >= 15 is 0 Å². The highest BCUT2D eigenvalue weighted by Gasteiger charge is 2.29. The van der Waals surface area contributed by atoms with Gasteiger partial charge in [-0.1, -0.05) is 18.2 Å². The van der Waals surface area contributed by atoms with E-state index in [0.29, 0.717) is 94.1 Å². The van der Waals surface area contributed by atoms with Gasteiger partial charge < -0.3 is 34.9 Å². The lowest BCUT2D eigenvalue weighted by Crippen LogP contribution is -2.43. The van der Waals surface area contributed by atoms with Crippen LogP contribution in [0.3, 0.4) is 0 Å². The maximum absolute atomic E-state index is 14.6. The number of carbonyl (C=O) groups excluding carboxylic acids is 2. The summed E-state index contributed by atoms with van der Waals surface area (Å²) in [5, 5.41) is 3.74. The number of ether oxygens (including phenoxy) is 2. The molecule has 10 heteroatoms. The molecule has 0 unspecified atom stereocenters. The molecule has 1 aromatic heterocycles. The van der Waals surface area contributed by atoms with Gasteiger partial charge in [-0.05, 0) is 48.1 Å². The normalized spacial score (nSPS) is 16.6. The summed E-state index contributed by atoms with van der Waals surface area (Å²) in [5.74, 6) is -0.287. The summed E-state index contributed by atoms with van der Waals surface area (Å²) in [5.41, 5.74) is 9.33. The van der Waals surface area contributed by atoms with Crippen LogP contribution >= 0.6 is 0 Å². The zero-order valence-corrected chi connectivity index (χ0v) is 22.3. The molecule has 2 saturated heterocycles. The molecule has 3 heterocycles. The number of fused-ring (bicyclic) bond motifs is 1. The molecule has 0 atom stereocenters. The predicted octanol–water partition coefficient (Wildman–Crippen LogP) is 3.77. The summed E-state index contributed by atoms with van der Waals surface area (Å²) in [6.07, 6.45) is 3.19. The molecule has 5 rings (SSSR count). The van der Waals surface area contributed by atoms with Crippen LogP contribution in [0.4, 0.5) is 14.9 Å². The van der Waals surface area contributed by atoms with E-state index in [1.54, 1.807) is 18.1 Å². The number of morpholine rings is 1. The highest BCUT2D eigenvalue weighted by Crippen LogP contribution is 2.34. The summed E-state index contributed by atoms with van der Waals surface area (Å²) in [6.45, 7) is 4.50. The molecule has 0 radical (unpaired) electrons. The second kappa shape index (κ2) is 12.1. The first-order valence-corrected chi connectivity index (χ1v) is 13.5. The van der Waals surface area contributed by atoms with Crippen molar-refractivity contribution in [3.63, 3.8) is 0 Å². The number of hydrogen-bond donors (Lipinski definition) is 2. The number of rotatable bonds is 7. The predicted molar refractivity (Wildman–Crippen MR) is 147 cm³/mol. The molecule has 3 amide bonds. The van der Waals surface area contributed by atoms with E-state index < -0.39 is 0 Å². The summed E-state index contributed by atoms with van der Waals surface area (Å²) < 4.78 is 27.3. The zero-order valence-electron chi connectivity index (χ0n) is 22.3. The van der Waals surface area contributed by atoms with Crippen molar-refractivity contribution in [1.29, 1.82) is 0 Å². The average molecular weight is 538 g/mol. The fourth-order valence-electron chi connectivity index (χ4n) is 5.55. The number of piperidine rings is 1. The minimum absolute atomic E-state index is 0.0342. The molecular formula is C29H36FN5O4. The Morgan fingerprint density at radius 1 is 1.10 bits per heavy atom. The van der Waals surface area contributed by atoms with E-state index in [-0.39, 0.29) is 23.7 Å². The highest BCUT2D eigenvalue weighted by atomic mass is 19.1. The van der Waals surface area contributed by atoms with E-state index in [1.165, 1.54) is 6.07 Å². The lowest BCUT2D eigenvalue weighted by molar-refractivity contribution is 0.0565. The number of amides is 3. The van der Waals surface area contributed by atoms with Gasteiger partial charge in [0.1, 0.15) is 5.82 Å². The quantitative estimate of drug-likeness (QED) is 0.478. The summed E-state index contributed by atoms with van der Waals surface area (Å²) in [6, 6.07) is 10.5. The molecule has 2 fully saturated rings. The summed E-state index contributed by atoms with van der Waals surface area (Å²) in [4.78, 5) is 30.5. The Morgan fingerprint density at radius 3 is 2.59 bits per heavy atom. The number of hydrogen-bond acceptors (Lipinski definition) is 5. The highest BCUT2D eigenvalue weighted by molar-refractivity contribution is 6.13. The summed E-state index contributed by atoms with van der Waals surface area (Å²) in [7, 11) is 1.64. The molecule has 39 heavy (non-hydrogen) atoms. The van der Waals surface area contributed by atoms with Gasteiger partial charge in [0.25, 0.3) is 5.91 Å². The lowest BCUT2D eigenvalue weighted by atomic mass is 9.88. The molecular weight excluding hydrogens is 501 g/mol. The van der Waals surface area contributed by atoms with Gasteiger partial charge in [0, 0.05) is 58.0 Å². The third kappa shape index (κ3) is 5.78. The van der Waals surface area contributed by atoms with Crippen molar-refractivity contribution in [3.05, 3.63) is 65.1 Å². The first-order valence-electron chi connectivity index (χ1n) is 13.5. The van der Waals surface area contributed by atoms with E-state index in [0.717, 1.165) is 11.1 Å². The van der Waals surface area contributed by atoms with Crippen LogP contribution in [0.2, 0.25) is 0 Å². The van der Waals surface area contributed by atoms with Crippen LogP contribution in [0, 0.1) is 5.82 Å². The third-order valence-corrected chi connectivity index (χ3v) is 7.73. The molecule has 2 aliphatic rings. The van der Waals surface area contributed by atoms with E-state index in [4.69, 9.17) is 15.2 Å². The van der Waals surface area contributed by atoms with Gasteiger partial charge >= 0.3 is 6.03 Å². The number of halogens is 1.